The van der Waals surface area contributed by atoms with Gasteiger partial charge in [-0.1, -0.05) is 36.4 Å². The lowest BCUT2D eigenvalue weighted by atomic mass is 10.1. The van der Waals surface area contributed by atoms with Gasteiger partial charge in [-0.15, -0.1) is 0 Å². The van der Waals surface area contributed by atoms with Gasteiger partial charge in [-0.2, -0.15) is 0 Å². The predicted molar refractivity (Wildman–Crippen MR) is 121 cm³/mol. The minimum Gasteiger partial charge on any atom is -0.203 e. The summed E-state index contributed by atoms with van der Waals surface area (Å²) in [5.41, 5.74) is 0. The van der Waals surface area contributed by atoms with E-state index < -0.39 is 84.6 Å². The zero-order chi connectivity index (χ0) is 26.6. The highest BCUT2D eigenvalue weighted by Crippen LogP contribution is 2.40. The number of hydrogen-bond acceptors (Lipinski definition) is 0. The quantitative estimate of drug-likeness (QED) is 0.120. The Morgan fingerprint density at radius 3 is 1.00 bits per heavy atom. The fourth-order valence-electron chi connectivity index (χ4n) is 3.88. The molecule has 188 valence electrons. The van der Waals surface area contributed by atoms with E-state index in [2.05, 4.69) is 0 Å². The zero-order valence-electron chi connectivity index (χ0n) is 18.1. The first-order valence-electron chi connectivity index (χ1n) is 9.92. The van der Waals surface area contributed by atoms with E-state index in [0.29, 0.717) is 5.39 Å². The van der Waals surface area contributed by atoms with Crippen LogP contribution in [0.4, 0.5) is 43.9 Å². The maximum Gasteiger partial charge on any atom is 0.200 e. The lowest BCUT2D eigenvalue weighted by Gasteiger charge is -2.23. The molecule has 0 saturated heterocycles. The highest BCUT2D eigenvalue weighted by Gasteiger charge is 2.32. The Hall–Kier alpha value is -2.70. The molecule has 36 heavy (non-hydrogen) atoms. The zero-order valence-corrected chi connectivity index (χ0v) is 19.9. The molecule has 4 aromatic rings. The van der Waals surface area contributed by atoms with Gasteiger partial charge in [0.1, 0.15) is 0 Å². The van der Waals surface area contributed by atoms with Crippen molar-refractivity contribution in [2.75, 3.05) is 13.3 Å². The number of benzene rings is 4. The smallest absolute Gasteiger partial charge is 0.200 e. The largest absolute Gasteiger partial charge is 0.203 e. The van der Waals surface area contributed by atoms with Crippen LogP contribution in [0.5, 0.6) is 0 Å². The minimum absolute atomic E-state index is 0.0829. The molecule has 4 rings (SSSR count). The Morgan fingerprint density at radius 2 is 0.694 bits per heavy atom. The normalized spacial score (nSPS) is 13.3. The van der Waals surface area contributed by atoms with Crippen LogP contribution in [-0.2, 0) is 0 Å². The minimum atomic E-state index is -2.32. The van der Waals surface area contributed by atoms with Gasteiger partial charge >= 0.3 is 0 Å². The molecule has 0 aromatic heterocycles. The predicted octanol–water partition coefficient (Wildman–Crippen LogP) is 6.36. The van der Waals surface area contributed by atoms with Gasteiger partial charge in [-0.25, -0.2) is 43.9 Å². The summed E-state index contributed by atoms with van der Waals surface area (Å²) in [6.07, 6.45) is 0. The number of rotatable bonds is 4. The average Bonchev–Trinajstić information content (AvgIpc) is 2.87. The van der Waals surface area contributed by atoms with Crippen LogP contribution in [0.25, 0.3) is 10.8 Å². The van der Waals surface area contributed by atoms with Gasteiger partial charge in [0.05, 0.1) is 10.6 Å². The van der Waals surface area contributed by atoms with Crippen molar-refractivity contribution >= 4 is 47.8 Å². The Bertz CT molecular complexity index is 1370. The topological polar surface area (TPSA) is 0 Å². The molecule has 0 aliphatic rings. The lowest BCUT2D eigenvalue weighted by molar-refractivity contribution is 0.384. The summed E-state index contributed by atoms with van der Waals surface area (Å²) in [5, 5.41) is -1.46. The molecule has 2 atom stereocenters. The molecule has 12 heteroatoms. The Labute approximate surface area is 200 Å². The van der Waals surface area contributed by atoms with Gasteiger partial charge < -0.3 is 0 Å². The van der Waals surface area contributed by atoms with Crippen LogP contribution in [0.3, 0.4) is 0 Å². The van der Waals surface area contributed by atoms with E-state index in [1.54, 1.807) is 0 Å². The highest BCUT2D eigenvalue weighted by molar-refractivity contribution is 7.74. The molecule has 0 radical (unpaired) electrons. The van der Waals surface area contributed by atoms with E-state index in [1.807, 2.05) is 0 Å². The monoisotopic (exact) mass is 552 g/mol. The van der Waals surface area contributed by atoms with Gasteiger partial charge in [0.2, 0.25) is 11.6 Å². The Kier molecular flexibility index (Phi) is 7.06. The second-order valence-electron chi connectivity index (χ2n) is 7.61. The number of fused-ring (bicyclic) bond motifs is 1. The second kappa shape index (κ2) is 9.64. The molecule has 2 unspecified atom stereocenters. The van der Waals surface area contributed by atoms with Gasteiger partial charge in [0.15, 0.2) is 46.5 Å². The van der Waals surface area contributed by atoms with Crippen LogP contribution in [0.1, 0.15) is 0 Å². The van der Waals surface area contributed by atoms with Crippen molar-refractivity contribution in [3.05, 3.63) is 94.6 Å². The molecule has 0 fully saturated rings. The summed E-state index contributed by atoms with van der Waals surface area (Å²) >= 11 is 0. The van der Waals surface area contributed by atoms with Crippen LogP contribution in [0, 0.1) is 58.2 Å². The molecule has 0 aliphatic heterocycles. The third kappa shape index (κ3) is 3.95. The van der Waals surface area contributed by atoms with Crippen LogP contribution in [0.15, 0.2) is 36.4 Å². The van der Waals surface area contributed by atoms with E-state index in [4.69, 9.17) is 0 Å². The fraction of sp³-hybridized carbons (Fsp3) is 0.0833. The molecule has 0 nitrogen and oxygen atoms in total. The van der Waals surface area contributed by atoms with E-state index in [9.17, 15) is 43.9 Å². The molecule has 0 aliphatic carbocycles. The van der Waals surface area contributed by atoms with E-state index in [-0.39, 0.29) is 16.0 Å². The second-order valence-corrected chi connectivity index (χ2v) is 11.7. The van der Waals surface area contributed by atoms with Gasteiger partial charge in [0.25, 0.3) is 0 Å². The van der Waals surface area contributed by atoms with Crippen LogP contribution in [0.2, 0.25) is 0 Å². The molecule has 0 bridgehead atoms. The van der Waals surface area contributed by atoms with E-state index in [0.717, 1.165) is 0 Å². The van der Waals surface area contributed by atoms with Crippen LogP contribution < -0.4 is 21.2 Å². The summed E-state index contributed by atoms with van der Waals surface area (Å²) in [5.74, 6) is -21.2. The number of halogens is 10. The lowest BCUT2D eigenvalue weighted by Crippen LogP contribution is -2.27. The van der Waals surface area contributed by atoms with Crippen molar-refractivity contribution in [3.63, 3.8) is 0 Å². The third-order valence-electron chi connectivity index (χ3n) is 5.63. The molecule has 0 amide bonds. The first-order chi connectivity index (χ1) is 16.9. The van der Waals surface area contributed by atoms with Crippen molar-refractivity contribution in [2.45, 2.75) is 0 Å². The van der Waals surface area contributed by atoms with Crippen molar-refractivity contribution in [1.29, 1.82) is 0 Å². The Balaban J connectivity index is 2.01. The van der Waals surface area contributed by atoms with Crippen molar-refractivity contribution in [3.8, 4) is 0 Å². The molecular formula is C24H12F10P2. The SMILES string of the molecule is CP(c1c(F)c(F)c(F)c(F)c1F)c1cccc2cccc(P(C)c3c(F)c(F)c(F)c(F)c3F)c12. The maximum atomic E-state index is 14.6. The van der Waals surface area contributed by atoms with Crippen molar-refractivity contribution in [2.24, 2.45) is 0 Å². The number of hydrogen-bond donors (Lipinski definition) is 0. The molecule has 0 spiro atoms. The average molecular weight is 552 g/mol. The molecule has 0 saturated carbocycles. The van der Waals surface area contributed by atoms with Gasteiger partial charge in [-0.05, 0) is 50.6 Å². The standard InChI is InChI=1S/C24H12F10P2/c1-35(23-19(31)15(27)13(25)16(28)20(23)32)10-7-3-5-9-6-4-8-11(12(9)10)36(2)24-21(33)17(29)14(26)18(30)22(24)34/h3-8H,1-2H3. The molecule has 4 aromatic carbocycles. The molecule has 0 N–H and O–H groups in total. The van der Waals surface area contributed by atoms with E-state index in [1.165, 1.54) is 49.7 Å². The van der Waals surface area contributed by atoms with Crippen molar-refractivity contribution < 1.29 is 43.9 Å². The summed E-state index contributed by atoms with van der Waals surface area (Å²) in [7, 11) is -4.56. The summed E-state index contributed by atoms with van der Waals surface area (Å²) < 4.78 is 141. The highest BCUT2D eigenvalue weighted by atomic mass is 31.1. The Morgan fingerprint density at radius 1 is 0.417 bits per heavy atom. The van der Waals surface area contributed by atoms with Gasteiger partial charge in [0, 0.05) is 0 Å². The maximum absolute atomic E-state index is 14.6. The fourth-order valence-corrected chi connectivity index (χ4v) is 7.81. The first-order valence-corrected chi connectivity index (χ1v) is 13.5. The van der Waals surface area contributed by atoms with Gasteiger partial charge in [-0.3, -0.25) is 0 Å². The summed E-state index contributed by atoms with van der Waals surface area (Å²) in [6.45, 7) is 2.46. The van der Waals surface area contributed by atoms with E-state index >= 15 is 0 Å². The third-order valence-corrected chi connectivity index (χ3v) is 9.95. The van der Waals surface area contributed by atoms with Crippen LogP contribution in [-0.4, -0.2) is 13.3 Å². The summed E-state index contributed by atoms with van der Waals surface area (Å²) in [6, 6.07) is 8.62. The van der Waals surface area contributed by atoms with Crippen molar-refractivity contribution in [1.82, 2.24) is 0 Å². The van der Waals surface area contributed by atoms with Crippen LogP contribution >= 0.6 is 15.8 Å². The first kappa shape index (κ1) is 26.4. The molecule has 0 heterocycles. The molecular weight excluding hydrogens is 540 g/mol. The summed E-state index contributed by atoms with van der Waals surface area (Å²) in [4.78, 5) is 0.